The Morgan fingerprint density at radius 2 is 2.05 bits per heavy atom. The Hall–Kier alpha value is -2.55. The number of urea groups is 1. The number of carboxylic acid groups (broad SMARTS) is 1. The molecule has 0 spiro atoms. The molecule has 0 bridgehead atoms. The van der Waals surface area contributed by atoms with Crippen molar-refractivity contribution in [3.8, 4) is 6.07 Å². The van der Waals surface area contributed by atoms with Gasteiger partial charge < -0.3 is 15.7 Å². The molecular weight excluding hydrogens is 270 g/mol. The number of rotatable bonds is 4. The number of hydrogen-bond donors (Lipinski definition) is 3. The lowest BCUT2D eigenvalue weighted by Crippen LogP contribution is -2.42. The van der Waals surface area contributed by atoms with Gasteiger partial charge in [0.2, 0.25) is 0 Å². The van der Waals surface area contributed by atoms with E-state index in [1.165, 1.54) is 0 Å². The number of amides is 2. The van der Waals surface area contributed by atoms with Crippen LogP contribution < -0.4 is 10.6 Å². The lowest BCUT2D eigenvalue weighted by molar-refractivity contribution is -0.148. The van der Waals surface area contributed by atoms with E-state index in [0.29, 0.717) is 24.1 Å². The Labute approximate surface area is 122 Å². The van der Waals surface area contributed by atoms with Crippen molar-refractivity contribution in [2.75, 3.05) is 11.9 Å². The summed E-state index contributed by atoms with van der Waals surface area (Å²) in [6.07, 6.45) is 2.93. The van der Waals surface area contributed by atoms with E-state index in [4.69, 9.17) is 5.26 Å². The van der Waals surface area contributed by atoms with Crippen molar-refractivity contribution < 1.29 is 14.7 Å². The molecule has 2 rings (SSSR count). The van der Waals surface area contributed by atoms with Crippen LogP contribution in [0.2, 0.25) is 0 Å². The van der Waals surface area contributed by atoms with Gasteiger partial charge in [0.1, 0.15) is 0 Å². The number of nitrogens with one attached hydrogen (secondary N) is 2. The first-order chi connectivity index (χ1) is 10.1. The summed E-state index contributed by atoms with van der Waals surface area (Å²) in [5.74, 6) is -0.855. The fourth-order valence-electron chi connectivity index (χ4n) is 2.61. The number of carbonyl (C=O) groups is 2. The third-order valence-corrected chi connectivity index (χ3v) is 3.85. The minimum absolute atomic E-state index is 0.117. The summed E-state index contributed by atoms with van der Waals surface area (Å²) < 4.78 is 0. The van der Waals surface area contributed by atoms with Gasteiger partial charge in [-0.15, -0.1) is 0 Å². The molecule has 0 heterocycles. The number of carbonyl (C=O) groups excluding carboxylic acids is 1. The number of anilines is 1. The largest absolute Gasteiger partial charge is 0.481 e. The number of benzene rings is 1. The average Bonchev–Trinajstić information content (AvgIpc) is 2.95. The first-order valence-corrected chi connectivity index (χ1v) is 6.84. The maximum Gasteiger partial charge on any atom is 0.319 e. The molecule has 110 valence electrons. The van der Waals surface area contributed by atoms with Crippen LogP contribution in [0, 0.1) is 16.7 Å². The molecule has 0 atom stereocenters. The van der Waals surface area contributed by atoms with Gasteiger partial charge in [0, 0.05) is 12.2 Å². The van der Waals surface area contributed by atoms with Crippen LogP contribution in [0.1, 0.15) is 31.2 Å². The predicted molar refractivity (Wildman–Crippen MR) is 76.7 cm³/mol. The van der Waals surface area contributed by atoms with Crippen LogP contribution in [0.15, 0.2) is 24.3 Å². The van der Waals surface area contributed by atoms with E-state index >= 15 is 0 Å². The van der Waals surface area contributed by atoms with Crippen molar-refractivity contribution in [1.29, 1.82) is 5.26 Å². The predicted octanol–water partition coefficient (Wildman–Crippen LogP) is 2.32. The number of carboxylic acids is 1. The van der Waals surface area contributed by atoms with Crippen LogP contribution in [0.5, 0.6) is 0 Å². The molecule has 2 amide bonds. The van der Waals surface area contributed by atoms with Crippen molar-refractivity contribution >= 4 is 17.7 Å². The fourth-order valence-corrected chi connectivity index (χ4v) is 2.61. The van der Waals surface area contributed by atoms with Crippen LogP contribution in [0.25, 0.3) is 0 Å². The number of nitriles is 1. The third kappa shape index (κ3) is 3.51. The van der Waals surface area contributed by atoms with Crippen LogP contribution in [-0.2, 0) is 4.79 Å². The summed E-state index contributed by atoms with van der Waals surface area (Å²) >= 11 is 0. The van der Waals surface area contributed by atoms with Crippen LogP contribution in [0.3, 0.4) is 0 Å². The van der Waals surface area contributed by atoms with Crippen LogP contribution >= 0.6 is 0 Å². The molecule has 1 saturated carbocycles. The summed E-state index contributed by atoms with van der Waals surface area (Å²) in [5.41, 5.74) is 0.110. The molecule has 1 aliphatic rings. The molecule has 1 fully saturated rings. The van der Waals surface area contributed by atoms with Gasteiger partial charge >= 0.3 is 12.0 Å². The normalized spacial score (nSPS) is 16.0. The molecule has 0 unspecified atom stereocenters. The van der Waals surface area contributed by atoms with Gasteiger partial charge in [-0.2, -0.15) is 5.26 Å². The highest BCUT2D eigenvalue weighted by Crippen LogP contribution is 2.37. The first kappa shape index (κ1) is 14.9. The van der Waals surface area contributed by atoms with Gasteiger partial charge in [-0.3, -0.25) is 4.79 Å². The minimum Gasteiger partial charge on any atom is -0.481 e. The second-order valence-corrected chi connectivity index (χ2v) is 5.29. The molecule has 0 aliphatic heterocycles. The smallest absolute Gasteiger partial charge is 0.319 e. The Morgan fingerprint density at radius 1 is 1.33 bits per heavy atom. The van der Waals surface area contributed by atoms with Gasteiger partial charge in [-0.1, -0.05) is 18.9 Å². The Kier molecular flexibility index (Phi) is 4.43. The average molecular weight is 287 g/mol. The van der Waals surface area contributed by atoms with E-state index in [9.17, 15) is 14.7 Å². The zero-order valence-electron chi connectivity index (χ0n) is 11.6. The quantitative estimate of drug-likeness (QED) is 0.790. The Balaban J connectivity index is 1.93. The van der Waals surface area contributed by atoms with Crippen LogP contribution in [-0.4, -0.2) is 23.7 Å². The van der Waals surface area contributed by atoms with Crippen molar-refractivity contribution in [3.05, 3.63) is 29.8 Å². The van der Waals surface area contributed by atoms with Crippen molar-refractivity contribution in [2.24, 2.45) is 5.41 Å². The summed E-state index contributed by atoms with van der Waals surface area (Å²) in [6, 6.07) is 8.07. The monoisotopic (exact) mass is 287 g/mol. The molecule has 3 N–H and O–H groups in total. The third-order valence-electron chi connectivity index (χ3n) is 3.85. The van der Waals surface area contributed by atoms with Crippen molar-refractivity contribution in [1.82, 2.24) is 5.32 Å². The molecule has 1 aliphatic carbocycles. The van der Waals surface area contributed by atoms with E-state index in [1.807, 2.05) is 6.07 Å². The van der Waals surface area contributed by atoms with Gasteiger partial charge in [0.05, 0.1) is 17.0 Å². The first-order valence-electron chi connectivity index (χ1n) is 6.84. The highest BCUT2D eigenvalue weighted by molar-refractivity contribution is 5.90. The Bertz CT molecular complexity index is 586. The summed E-state index contributed by atoms with van der Waals surface area (Å²) in [7, 11) is 0. The van der Waals surface area contributed by atoms with E-state index in [0.717, 1.165) is 12.8 Å². The molecule has 0 aromatic heterocycles. The standard InChI is InChI=1S/C15H17N3O3/c16-9-11-4-3-5-12(8-11)18-14(21)17-10-15(13(19)20)6-1-2-7-15/h3-5,8H,1-2,6-7,10H2,(H,19,20)(H2,17,18,21). The minimum atomic E-state index is -0.855. The maximum atomic E-state index is 11.8. The van der Waals surface area contributed by atoms with Crippen LogP contribution in [0.4, 0.5) is 10.5 Å². The second-order valence-electron chi connectivity index (χ2n) is 5.29. The number of aliphatic carboxylic acids is 1. The molecule has 6 nitrogen and oxygen atoms in total. The molecule has 6 heteroatoms. The van der Waals surface area contributed by atoms with E-state index < -0.39 is 17.4 Å². The Morgan fingerprint density at radius 3 is 2.67 bits per heavy atom. The van der Waals surface area contributed by atoms with Gasteiger partial charge in [0.25, 0.3) is 0 Å². The van der Waals surface area contributed by atoms with E-state index in [-0.39, 0.29) is 6.54 Å². The SMILES string of the molecule is N#Cc1cccc(NC(=O)NCC2(C(=O)O)CCCC2)c1. The summed E-state index contributed by atoms with van der Waals surface area (Å²) in [6.45, 7) is 0.117. The van der Waals surface area contributed by atoms with E-state index in [2.05, 4.69) is 10.6 Å². The number of nitrogens with zero attached hydrogens (tertiary/aromatic N) is 1. The molecule has 0 saturated heterocycles. The molecule has 1 aromatic rings. The van der Waals surface area contributed by atoms with E-state index in [1.54, 1.807) is 24.3 Å². The summed E-state index contributed by atoms with van der Waals surface area (Å²) in [4.78, 5) is 23.2. The molecular formula is C15H17N3O3. The highest BCUT2D eigenvalue weighted by Gasteiger charge is 2.41. The van der Waals surface area contributed by atoms with Crippen molar-refractivity contribution in [3.63, 3.8) is 0 Å². The maximum absolute atomic E-state index is 11.8. The van der Waals surface area contributed by atoms with Crippen molar-refractivity contribution in [2.45, 2.75) is 25.7 Å². The second kappa shape index (κ2) is 6.27. The topological polar surface area (TPSA) is 102 Å². The van der Waals surface area contributed by atoms with Gasteiger partial charge in [0.15, 0.2) is 0 Å². The summed E-state index contributed by atoms with van der Waals surface area (Å²) in [5, 5.41) is 23.3. The fraction of sp³-hybridized carbons (Fsp3) is 0.400. The van der Waals surface area contributed by atoms with Gasteiger partial charge in [-0.25, -0.2) is 4.79 Å². The lowest BCUT2D eigenvalue weighted by Gasteiger charge is -2.24. The van der Waals surface area contributed by atoms with Gasteiger partial charge in [-0.05, 0) is 31.0 Å². The lowest BCUT2D eigenvalue weighted by atomic mass is 9.86. The zero-order valence-corrected chi connectivity index (χ0v) is 11.6. The zero-order chi connectivity index (χ0) is 15.3. The number of hydrogen-bond acceptors (Lipinski definition) is 3. The molecule has 21 heavy (non-hydrogen) atoms. The molecule has 1 aromatic carbocycles. The molecule has 0 radical (unpaired) electrons. The highest BCUT2D eigenvalue weighted by atomic mass is 16.4.